The van der Waals surface area contributed by atoms with Crippen molar-refractivity contribution in [1.82, 2.24) is 14.6 Å². The summed E-state index contributed by atoms with van der Waals surface area (Å²) in [6, 6.07) is 9.22. The molecule has 0 fully saturated rings. The number of anilines is 1. The minimum atomic E-state index is -4.74. The van der Waals surface area contributed by atoms with Crippen LogP contribution in [0.4, 0.5) is 19.0 Å². The van der Waals surface area contributed by atoms with Crippen LogP contribution in [0.3, 0.4) is 0 Å². The van der Waals surface area contributed by atoms with Crippen LogP contribution in [0.5, 0.6) is 5.75 Å². The van der Waals surface area contributed by atoms with Crippen molar-refractivity contribution in [2.75, 3.05) is 25.6 Å². The molecule has 3 aromatic rings. The van der Waals surface area contributed by atoms with Gasteiger partial charge in [0.15, 0.2) is 5.65 Å². The fourth-order valence-corrected chi connectivity index (χ4v) is 2.30. The zero-order chi connectivity index (χ0) is 17.9. The van der Waals surface area contributed by atoms with Gasteiger partial charge in [0.05, 0.1) is 18.5 Å². The molecule has 9 heteroatoms. The molecule has 0 amide bonds. The van der Waals surface area contributed by atoms with Gasteiger partial charge in [-0.1, -0.05) is 12.1 Å². The van der Waals surface area contributed by atoms with Gasteiger partial charge in [-0.3, -0.25) is 0 Å². The highest BCUT2D eigenvalue weighted by atomic mass is 19.4. The SMILES string of the molecule is COCCNc1ccc2ncc(-c3cccc(OC(F)(F)F)c3)n2n1. The van der Waals surface area contributed by atoms with Crippen LogP contribution >= 0.6 is 0 Å². The lowest BCUT2D eigenvalue weighted by Gasteiger charge is -2.10. The van der Waals surface area contributed by atoms with E-state index in [1.54, 1.807) is 36.0 Å². The molecular weight excluding hydrogens is 337 g/mol. The predicted molar refractivity (Wildman–Crippen MR) is 85.5 cm³/mol. The first-order chi connectivity index (χ1) is 12.0. The average Bonchev–Trinajstić information content (AvgIpc) is 2.97. The van der Waals surface area contributed by atoms with Crippen LogP contribution in [-0.4, -0.2) is 41.2 Å². The maximum Gasteiger partial charge on any atom is 0.573 e. The molecule has 3 rings (SSSR count). The number of hydrogen-bond acceptors (Lipinski definition) is 5. The molecular formula is C16H15F3N4O2. The van der Waals surface area contributed by atoms with Gasteiger partial charge in [-0.2, -0.15) is 0 Å². The standard InChI is InChI=1S/C16H15F3N4O2/c1-24-8-7-20-14-5-6-15-21-10-13(23(15)22-14)11-3-2-4-12(9-11)25-16(17,18)19/h2-6,9-10H,7-8H2,1H3,(H,20,22). The number of rotatable bonds is 6. The molecule has 6 nitrogen and oxygen atoms in total. The summed E-state index contributed by atoms with van der Waals surface area (Å²) < 4.78 is 47.7. The lowest BCUT2D eigenvalue weighted by Crippen LogP contribution is -2.17. The summed E-state index contributed by atoms with van der Waals surface area (Å²) in [5, 5.41) is 7.50. The third-order valence-electron chi connectivity index (χ3n) is 3.34. The van der Waals surface area contributed by atoms with Crippen molar-refractivity contribution in [1.29, 1.82) is 0 Å². The molecule has 0 saturated heterocycles. The Bertz CT molecular complexity index is 864. The number of alkyl halides is 3. The minimum absolute atomic E-state index is 0.297. The Morgan fingerprint density at radius 1 is 1.20 bits per heavy atom. The second kappa shape index (κ2) is 6.98. The van der Waals surface area contributed by atoms with Crippen LogP contribution in [0.15, 0.2) is 42.6 Å². The van der Waals surface area contributed by atoms with E-state index in [1.165, 1.54) is 18.2 Å². The molecule has 0 radical (unpaired) electrons. The van der Waals surface area contributed by atoms with Crippen molar-refractivity contribution >= 4 is 11.5 Å². The fourth-order valence-electron chi connectivity index (χ4n) is 2.30. The molecule has 2 aromatic heterocycles. The first-order valence-corrected chi connectivity index (χ1v) is 7.40. The largest absolute Gasteiger partial charge is 0.573 e. The van der Waals surface area contributed by atoms with E-state index in [2.05, 4.69) is 20.1 Å². The van der Waals surface area contributed by atoms with E-state index in [0.29, 0.717) is 35.9 Å². The van der Waals surface area contributed by atoms with Crippen molar-refractivity contribution in [2.24, 2.45) is 0 Å². The molecule has 132 valence electrons. The first kappa shape index (κ1) is 17.0. The first-order valence-electron chi connectivity index (χ1n) is 7.40. The normalized spacial score (nSPS) is 11.7. The molecule has 0 aliphatic carbocycles. The average molecular weight is 352 g/mol. The summed E-state index contributed by atoms with van der Waals surface area (Å²) in [5.41, 5.74) is 1.64. The Balaban J connectivity index is 1.92. The topological polar surface area (TPSA) is 60.7 Å². The Morgan fingerprint density at radius 3 is 2.80 bits per heavy atom. The predicted octanol–water partition coefficient (Wildman–Crippen LogP) is 3.35. The molecule has 0 aliphatic heterocycles. The summed E-state index contributed by atoms with van der Waals surface area (Å²) in [5.74, 6) is 0.306. The van der Waals surface area contributed by atoms with E-state index >= 15 is 0 Å². The lowest BCUT2D eigenvalue weighted by atomic mass is 10.1. The third kappa shape index (κ3) is 4.18. The van der Waals surface area contributed by atoms with Gasteiger partial charge in [0.1, 0.15) is 11.6 Å². The van der Waals surface area contributed by atoms with Gasteiger partial charge in [-0.05, 0) is 24.3 Å². The van der Waals surface area contributed by atoms with Gasteiger partial charge in [-0.25, -0.2) is 9.50 Å². The zero-order valence-corrected chi connectivity index (χ0v) is 13.2. The van der Waals surface area contributed by atoms with Gasteiger partial charge in [0.2, 0.25) is 0 Å². The van der Waals surface area contributed by atoms with Crippen LogP contribution in [0.2, 0.25) is 0 Å². The quantitative estimate of drug-likeness (QED) is 0.690. The number of hydrogen-bond donors (Lipinski definition) is 1. The van der Waals surface area contributed by atoms with Crippen LogP contribution in [0.25, 0.3) is 16.9 Å². The van der Waals surface area contributed by atoms with Crippen molar-refractivity contribution in [3.63, 3.8) is 0 Å². The molecule has 0 atom stereocenters. The van der Waals surface area contributed by atoms with Crippen molar-refractivity contribution in [3.8, 4) is 17.0 Å². The number of ether oxygens (including phenoxy) is 2. The van der Waals surface area contributed by atoms with Crippen molar-refractivity contribution in [3.05, 3.63) is 42.6 Å². The number of halogens is 3. The molecule has 0 aliphatic rings. The molecule has 1 aromatic carbocycles. The summed E-state index contributed by atoms with van der Waals surface area (Å²) in [4.78, 5) is 4.22. The van der Waals surface area contributed by atoms with Crippen LogP contribution in [0.1, 0.15) is 0 Å². The van der Waals surface area contributed by atoms with E-state index in [4.69, 9.17) is 4.74 Å². The van der Waals surface area contributed by atoms with E-state index < -0.39 is 6.36 Å². The van der Waals surface area contributed by atoms with E-state index in [0.717, 1.165) is 0 Å². The fraction of sp³-hybridized carbons (Fsp3) is 0.250. The van der Waals surface area contributed by atoms with Crippen LogP contribution in [-0.2, 0) is 4.74 Å². The summed E-state index contributed by atoms with van der Waals surface area (Å²) in [6.07, 6.45) is -3.19. The summed E-state index contributed by atoms with van der Waals surface area (Å²) >= 11 is 0. The van der Waals surface area contributed by atoms with Gasteiger partial charge >= 0.3 is 6.36 Å². The Labute approximate surface area is 141 Å². The van der Waals surface area contributed by atoms with Crippen molar-refractivity contribution < 1.29 is 22.6 Å². The Morgan fingerprint density at radius 2 is 2.04 bits per heavy atom. The molecule has 0 saturated carbocycles. The van der Waals surface area contributed by atoms with E-state index in [1.807, 2.05) is 0 Å². The number of nitrogens with zero attached hydrogens (tertiary/aromatic N) is 3. The number of fused-ring (bicyclic) bond motifs is 1. The highest BCUT2D eigenvalue weighted by Gasteiger charge is 2.31. The van der Waals surface area contributed by atoms with E-state index in [9.17, 15) is 13.2 Å². The van der Waals surface area contributed by atoms with Gasteiger partial charge in [0.25, 0.3) is 0 Å². The number of nitrogens with one attached hydrogen (secondary N) is 1. The molecule has 25 heavy (non-hydrogen) atoms. The lowest BCUT2D eigenvalue weighted by molar-refractivity contribution is -0.274. The number of imidazole rings is 1. The number of benzene rings is 1. The monoisotopic (exact) mass is 352 g/mol. The highest BCUT2D eigenvalue weighted by molar-refractivity contribution is 5.65. The van der Waals surface area contributed by atoms with Gasteiger partial charge in [0, 0.05) is 19.2 Å². The van der Waals surface area contributed by atoms with Crippen LogP contribution in [0, 0.1) is 0 Å². The van der Waals surface area contributed by atoms with Crippen LogP contribution < -0.4 is 10.1 Å². The molecule has 0 spiro atoms. The number of aromatic nitrogens is 3. The zero-order valence-electron chi connectivity index (χ0n) is 13.2. The summed E-state index contributed by atoms with van der Waals surface area (Å²) in [6.45, 7) is 1.10. The maximum atomic E-state index is 12.4. The van der Waals surface area contributed by atoms with Gasteiger partial charge in [-0.15, -0.1) is 18.3 Å². The second-order valence-corrected chi connectivity index (χ2v) is 5.13. The molecule has 2 heterocycles. The van der Waals surface area contributed by atoms with E-state index in [-0.39, 0.29) is 5.75 Å². The van der Waals surface area contributed by atoms with Gasteiger partial charge < -0.3 is 14.8 Å². The van der Waals surface area contributed by atoms with Crippen molar-refractivity contribution in [2.45, 2.75) is 6.36 Å². The molecule has 1 N–H and O–H groups in total. The second-order valence-electron chi connectivity index (χ2n) is 5.13. The third-order valence-corrected chi connectivity index (χ3v) is 3.34. The molecule has 0 bridgehead atoms. The Kier molecular flexibility index (Phi) is 4.75. The summed E-state index contributed by atoms with van der Waals surface area (Å²) in [7, 11) is 1.60. The smallest absolute Gasteiger partial charge is 0.406 e. The Hall–Kier alpha value is -2.81. The minimum Gasteiger partial charge on any atom is -0.406 e. The number of methoxy groups -OCH3 is 1. The highest BCUT2D eigenvalue weighted by Crippen LogP contribution is 2.28. The molecule has 0 unspecified atom stereocenters. The maximum absolute atomic E-state index is 12.4.